The zero-order valence-electron chi connectivity index (χ0n) is 17.2. The van der Waals surface area contributed by atoms with Gasteiger partial charge < -0.3 is 9.88 Å². The summed E-state index contributed by atoms with van der Waals surface area (Å²) >= 11 is 0. The van der Waals surface area contributed by atoms with Gasteiger partial charge in [-0.15, -0.1) is 0 Å². The van der Waals surface area contributed by atoms with Crippen molar-refractivity contribution >= 4 is 28.4 Å². The lowest BCUT2D eigenvalue weighted by atomic mass is 10.1. The highest BCUT2D eigenvalue weighted by molar-refractivity contribution is 6.13. The van der Waals surface area contributed by atoms with Gasteiger partial charge in [-0.05, 0) is 67.3 Å². The second-order valence-electron chi connectivity index (χ2n) is 7.29. The van der Waals surface area contributed by atoms with E-state index in [0.717, 1.165) is 33.4 Å². The minimum absolute atomic E-state index is 0.00675. The molecule has 5 heteroatoms. The van der Waals surface area contributed by atoms with Crippen LogP contribution in [0.5, 0.6) is 0 Å². The van der Waals surface area contributed by atoms with Crippen molar-refractivity contribution in [3.05, 3.63) is 101 Å². The highest BCUT2D eigenvalue weighted by atomic mass is 19.1. The Morgan fingerprint density at radius 3 is 2.48 bits per heavy atom. The first kappa shape index (κ1) is 20.1. The fraction of sp³-hybridized carbons (Fsp3) is 0.0769. The van der Waals surface area contributed by atoms with E-state index in [0.29, 0.717) is 5.69 Å². The second-order valence-corrected chi connectivity index (χ2v) is 7.29. The van der Waals surface area contributed by atoms with Gasteiger partial charge in [0.15, 0.2) is 0 Å². The van der Waals surface area contributed by atoms with Crippen LogP contribution in [-0.4, -0.2) is 10.5 Å². The highest BCUT2D eigenvalue weighted by Crippen LogP contribution is 2.25. The number of carbonyl (C=O) groups is 1. The Hall–Kier alpha value is -4.17. The van der Waals surface area contributed by atoms with Crippen LogP contribution in [0, 0.1) is 31.0 Å². The third-order valence-corrected chi connectivity index (χ3v) is 5.26. The first-order valence-corrected chi connectivity index (χ1v) is 9.83. The van der Waals surface area contributed by atoms with Crippen LogP contribution in [0.25, 0.3) is 22.5 Å². The molecular formula is C26H20FN3O. The monoisotopic (exact) mass is 409 g/mol. The molecule has 4 aromatic rings. The zero-order chi connectivity index (χ0) is 22.0. The molecule has 1 amide bonds. The van der Waals surface area contributed by atoms with Gasteiger partial charge in [0.25, 0.3) is 5.91 Å². The summed E-state index contributed by atoms with van der Waals surface area (Å²) in [6.07, 6.45) is 1.59. The third-order valence-electron chi connectivity index (χ3n) is 5.26. The van der Waals surface area contributed by atoms with Crippen molar-refractivity contribution in [3.8, 4) is 11.8 Å². The van der Waals surface area contributed by atoms with E-state index in [1.165, 1.54) is 12.1 Å². The molecule has 0 saturated heterocycles. The molecule has 152 valence electrons. The fourth-order valence-corrected chi connectivity index (χ4v) is 3.75. The number of aromatic nitrogens is 1. The van der Waals surface area contributed by atoms with Crippen LogP contribution in [0.3, 0.4) is 0 Å². The molecule has 4 rings (SSSR count). The van der Waals surface area contributed by atoms with Crippen LogP contribution in [-0.2, 0) is 4.79 Å². The number of nitrogens with zero attached hydrogens (tertiary/aromatic N) is 2. The summed E-state index contributed by atoms with van der Waals surface area (Å²) in [6.45, 7) is 3.83. The molecule has 0 bridgehead atoms. The molecule has 31 heavy (non-hydrogen) atoms. The van der Waals surface area contributed by atoms with E-state index in [9.17, 15) is 14.4 Å². The molecule has 1 N–H and O–H groups in total. The van der Waals surface area contributed by atoms with Crippen LogP contribution in [0.15, 0.2) is 78.4 Å². The van der Waals surface area contributed by atoms with Crippen LogP contribution in [0.4, 0.5) is 10.1 Å². The number of carbonyl (C=O) groups excluding carboxylic acids is 1. The third kappa shape index (κ3) is 3.96. The van der Waals surface area contributed by atoms with E-state index >= 15 is 0 Å². The number of halogens is 1. The number of rotatable bonds is 4. The largest absolute Gasteiger partial charge is 0.321 e. The lowest BCUT2D eigenvalue weighted by molar-refractivity contribution is -0.112. The smallest absolute Gasteiger partial charge is 0.266 e. The summed E-state index contributed by atoms with van der Waals surface area (Å²) in [5.41, 5.74) is 4.01. The summed E-state index contributed by atoms with van der Waals surface area (Å²) in [5.74, 6) is -0.770. The number of amides is 1. The maximum absolute atomic E-state index is 13.3. The predicted molar refractivity (Wildman–Crippen MR) is 121 cm³/mol. The number of aryl methyl sites for hydroxylation is 1. The zero-order valence-corrected chi connectivity index (χ0v) is 17.2. The molecule has 0 fully saturated rings. The summed E-state index contributed by atoms with van der Waals surface area (Å²) in [7, 11) is 0. The standard InChI is InChI=1S/C26H20FN3O/c1-17-14-20(18(2)30(17)23-12-10-22(27)11-13-23)15-21(16-28)26(31)29-25-9-5-7-19-6-3-4-8-24(19)25/h3-15H,1-2H3,(H,29,31)/b21-15+. The molecule has 4 nitrogen and oxygen atoms in total. The van der Waals surface area contributed by atoms with Crippen molar-refractivity contribution in [2.24, 2.45) is 0 Å². The van der Waals surface area contributed by atoms with Gasteiger partial charge >= 0.3 is 0 Å². The molecule has 0 spiro atoms. The Bertz CT molecular complexity index is 1350. The van der Waals surface area contributed by atoms with Crippen LogP contribution in [0.1, 0.15) is 17.0 Å². The Morgan fingerprint density at radius 2 is 1.74 bits per heavy atom. The van der Waals surface area contributed by atoms with E-state index < -0.39 is 5.91 Å². The molecule has 0 aliphatic carbocycles. The van der Waals surface area contributed by atoms with E-state index in [1.807, 2.05) is 73.0 Å². The van der Waals surface area contributed by atoms with Crippen molar-refractivity contribution in [2.45, 2.75) is 13.8 Å². The van der Waals surface area contributed by atoms with E-state index in [1.54, 1.807) is 18.2 Å². The van der Waals surface area contributed by atoms with E-state index in [4.69, 9.17) is 0 Å². The molecule has 0 aliphatic rings. The summed E-state index contributed by atoms with van der Waals surface area (Å²) in [4.78, 5) is 12.9. The second kappa shape index (κ2) is 8.29. The maximum Gasteiger partial charge on any atom is 0.266 e. The van der Waals surface area contributed by atoms with E-state index in [-0.39, 0.29) is 11.4 Å². The number of hydrogen-bond acceptors (Lipinski definition) is 2. The lowest BCUT2D eigenvalue weighted by Crippen LogP contribution is -2.13. The van der Waals surface area contributed by atoms with Gasteiger partial charge in [-0.1, -0.05) is 36.4 Å². The summed E-state index contributed by atoms with van der Waals surface area (Å²) < 4.78 is 15.3. The predicted octanol–water partition coefficient (Wildman–Crippen LogP) is 5.93. The normalized spacial score (nSPS) is 11.4. The number of fused-ring (bicyclic) bond motifs is 1. The number of nitriles is 1. The minimum Gasteiger partial charge on any atom is -0.321 e. The summed E-state index contributed by atoms with van der Waals surface area (Å²) in [6, 6.07) is 23.5. The van der Waals surface area contributed by atoms with Crippen LogP contribution in [0.2, 0.25) is 0 Å². The van der Waals surface area contributed by atoms with Gasteiger partial charge in [0.2, 0.25) is 0 Å². The number of nitrogens with one attached hydrogen (secondary N) is 1. The van der Waals surface area contributed by atoms with Gasteiger partial charge in [0.05, 0.1) is 0 Å². The number of benzene rings is 3. The van der Waals surface area contributed by atoms with Gasteiger partial charge in [-0.3, -0.25) is 4.79 Å². The van der Waals surface area contributed by atoms with Crippen LogP contribution >= 0.6 is 0 Å². The average molecular weight is 409 g/mol. The molecule has 3 aromatic carbocycles. The van der Waals surface area contributed by atoms with Crippen molar-refractivity contribution in [1.29, 1.82) is 5.26 Å². The Kier molecular flexibility index (Phi) is 5.38. The first-order chi connectivity index (χ1) is 15.0. The number of hydrogen-bond donors (Lipinski definition) is 1. The van der Waals surface area contributed by atoms with Crippen molar-refractivity contribution in [1.82, 2.24) is 4.57 Å². The van der Waals surface area contributed by atoms with Crippen molar-refractivity contribution in [3.63, 3.8) is 0 Å². The average Bonchev–Trinajstić information content (AvgIpc) is 3.05. The maximum atomic E-state index is 13.3. The Labute approximate surface area is 179 Å². The van der Waals surface area contributed by atoms with Gasteiger partial charge in [-0.25, -0.2) is 4.39 Å². The molecule has 1 heterocycles. The van der Waals surface area contributed by atoms with Crippen molar-refractivity contribution in [2.75, 3.05) is 5.32 Å². The first-order valence-electron chi connectivity index (χ1n) is 9.83. The molecule has 0 saturated carbocycles. The van der Waals surface area contributed by atoms with Gasteiger partial charge in [-0.2, -0.15) is 5.26 Å². The van der Waals surface area contributed by atoms with Gasteiger partial charge in [0, 0.05) is 28.1 Å². The van der Waals surface area contributed by atoms with Crippen molar-refractivity contribution < 1.29 is 9.18 Å². The SMILES string of the molecule is Cc1cc(/C=C(\C#N)C(=O)Nc2cccc3ccccc23)c(C)n1-c1ccc(F)cc1. The van der Waals surface area contributed by atoms with E-state index in [2.05, 4.69) is 5.32 Å². The van der Waals surface area contributed by atoms with Crippen LogP contribution < -0.4 is 5.32 Å². The molecule has 0 aliphatic heterocycles. The molecule has 0 atom stereocenters. The Morgan fingerprint density at radius 1 is 1.03 bits per heavy atom. The summed E-state index contributed by atoms with van der Waals surface area (Å²) in [5, 5.41) is 14.4. The highest BCUT2D eigenvalue weighted by Gasteiger charge is 2.15. The fourth-order valence-electron chi connectivity index (χ4n) is 3.75. The topological polar surface area (TPSA) is 57.8 Å². The minimum atomic E-state index is -0.467. The molecular weight excluding hydrogens is 389 g/mol. The lowest BCUT2D eigenvalue weighted by Gasteiger charge is -2.10. The molecule has 0 unspecified atom stereocenters. The number of anilines is 1. The molecule has 0 radical (unpaired) electrons. The molecule has 1 aromatic heterocycles. The van der Waals surface area contributed by atoms with Gasteiger partial charge in [0.1, 0.15) is 17.5 Å². The Balaban J connectivity index is 1.67. The quantitative estimate of drug-likeness (QED) is 0.335.